The molecule has 2 aromatic carbocycles. The standard InChI is InChI=1S/C22H20N4O4/c1-14-12-20(26(25-14)22-23-16-6-4-5-7-17(16)24-22)30-21(27)11-9-15-8-10-18(28-2)19(13-15)29-3/h4-13H,1-3H3,(H,23,24)/b11-9+. The fourth-order valence-electron chi connectivity index (χ4n) is 3.00. The van der Waals surface area contributed by atoms with Crippen molar-refractivity contribution in [2.75, 3.05) is 14.2 Å². The van der Waals surface area contributed by atoms with E-state index in [2.05, 4.69) is 15.1 Å². The number of hydrogen-bond acceptors (Lipinski definition) is 6. The number of ether oxygens (including phenoxy) is 3. The van der Waals surface area contributed by atoms with Crippen LogP contribution in [0.2, 0.25) is 0 Å². The molecule has 1 N–H and O–H groups in total. The molecule has 8 heteroatoms. The third-order valence-electron chi connectivity index (χ3n) is 4.40. The summed E-state index contributed by atoms with van der Waals surface area (Å²) in [5, 5.41) is 4.38. The molecule has 0 amide bonds. The molecule has 8 nitrogen and oxygen atoms in total. The number of esters is 1. The predicted octanol–water partition coefficient (Wildman–Crippen LogP) is 3.69. The van der Waals surface area contributed by atoms with E-state index < -0.39 is 5.97 Å². The predicted molar refractivity (Wildman–Crippen MR) is 112 cm³/mol. The monoisotopic (exact) mass is 404 g/mol. The number of aryl methyl sites for hydroxylation is 1. The molecule has 0 aliphatic carbocycles. The van der Waals surface area contributed by atoms with Gasteiger partial charge in [0.15, 0.2) is 11.5 Å². The van der Waals surface area contributed by atoms with Gasteiger partial charge in [0, 0.05) is 12.1 Å². The molecule has 4 rings (SSSR count). The Labute approximate surface area is 172 Å². The Morgan fingerprint density at radius 2 is 1.87 bits per heavy atom. The SMILES string of the molecule is COc1ccc(/C=C/C(=O)Oc2cc(C)nn2-c2nc3ccccc3[nH]2)cc1OC. The molecular weight excluding hydrogens is 384 g/mol. The molecule has 0 fully saturated rings. The molecule has 0 unspecified atom stereocenters. The van der Waals surface area contributed by atoms with Gasteiger partial charge in [-0.2, -0.15) is 9.78 Å². The number of para-hydroxylation sites is 2. The molecule has 0 atom stereocenters. The lowest BCUT2D eigenvalue weighted by Gasteiger charge is -2.07. The van der Waals surface area contributed by atoms with Crippen molar-refractivity contribution in [1.29, 1.82) is 0 Å². The van der Waals surface area contributed by atoms with Gasteiger partial charge in [-0.3, -0.25) is 0 Å². The Morgan fingerprint density at radius 3 is 2.63 bits per heavy atom. The minimum absolute atomic E-state index is 0.272. The molecule has 0 saturated carbocycles. The van der Waals surface area contributed by atoms with Crippen LogP contribution in [-0.4, -0.2) is 39.9 Å². The van der Waals surface area contributed by atoms with E-state index in [1.54, 1.807) is 38.5 Å². The number of fused-ring (bicyclic) bond motifs is 1. The summed E-state index contributed by atoms with van der Waals surface area (Å²) in [7, 11) is 3.12. The highest BCUT2D eigenvalue weighted by atomic mass is 16.5. The lowest BCUT2D eigenvalue weighted by molar-refractivity contribution is -0.129. The molecular formula is C22H20N4O4. The first-order valence-corrected chi connectivity index (χ1v) is 9.21. The van der Waals surface area contributed by atoms with Gasteiger partial charge in [0.2, 0.25) is 11.8 Å². The Morgan fingerprint density at radius 1 is 1.07 bits per heavy atom. The molecule has 0 aliphatic rings. The van der Waals surface area contributed by atoms with Crippen LogP contribution in [0, 0.1) is 6.92 Å². The molecule has 152 valence electrons. The second-order valence-electron chi connectivity index (χ2n) is 6.48. The Balaban J connectivity index is 1.55. The number of methoxy groups -OCH3 is 2. The fourth-order valence-corrected chi connectivity index (χ4v) is 3.00. The number of imidazole rings is 1. The van der Waals surface area contributed by atoms with Crippen molar-refractivity contribution in [2.24, 2.45) is 0 Å². The molecule has 0 saturated heterocycles. The summed E-state index contributed by atoms with van der Waals surface area (Å²) in [5.41, 5.74) is 3.13. The van der Waals surface area contributed by atoms with Gasteiger partial charge >= 0.3 is 5.97 Å². The maximum Gasteiger partial charge on any atom is 0.337 e. The number of aromatic nitrogens is 4. The molecule has 0 radical (unpaired) electrons. The number of H-pyrrole nitrogens is 1. The van der Waals surface area contributed by atoms with Crippen molar-refractivity contribution in [3.05, 3.63) is 65.9 Å². The number of benzene rings is 2. The van der Waals surface area contributed by atoms with Crippen molar-refractivity contribution >= 4 is 23.1 Å². The van der Waals surface area contributed by atoms with Crippen LogP contribution in [0.3, 0.4) is 0 Å². The van der Waals surface area contributed by atoms with E-state index >= 15 is 0 Å². The van der Waals surface area contributed by atoms with Crippen molar-refractivity contribution in [1.82, 2.24) is 19.7 Å². The van der Waals surface area contributed by atoms with E-state index in [1.807, 2.05) is 37.3 Å². The first kappa shape index (κ1) is 19.3. The smallest absolute Gasteiger partial charge is 0.337 e. The maximum absolute atomic E-state index is 12.4. The van der Waals surface area contributed by atoms with Gasteiger partial charge in [0.25, 0.3) is 0 Å². The van der Waals surface area contributed by atoms with Crippen LogP contribution >= 0.6 is 0 Å². The lowest BCUT2D eigenvalue weighted by Crippen LogP contribution is -2.09. The largest absolute Gasteiger partial charge is 0.493 e. The Kier molecular flexibility index (Phi) is 5.21. The van der Waals surface area contributed by atoms with E-state index in [-0.39, 0.29) is 5.88 Å². The fraction of sp³-hybridized carbons (Fsp3) is 0.136. The van der Waals surface area contributed by atoms with E-state index in [4.69, 9.17) is 14.2 Å². The van der Waals surface area contributed by atoms with Gasteiger partial charge < -0.3 is 19.2 Å². The number of aromatic amines is 1. The van der Waals surface area contributed by atoms with Gasteiger partial charge in [-0.05, 0) is 42.8 Å². The zero-order chi connectivity index (χ0) is 21.1. The highest BCUT2D eigenvalue weighted by molar-refractivity contribution is 5.88. The summed E-state index contributed by atoms with van der Waals surface area (Å²) in [4.78, 5) is 20.1. The van der Waals surface area contributed by atoms with Gasteiger partial charge in [-0.25, -0.2) is 9.78 Å². The van der Waals surface area contributed by atoms with Crippen molar-refractivity contribution < 1.29 is 19.0 Å². The molecule has 2 heterocycles. The third kappa shape index (κ3) is 3.88. The van der Waals surface area contributed by atoms with E-state index in [9.17, 15) is 4.79 Å². The summed E-state index contributed by atoms with van der Waals surface area (Å²) < 4.78 is 17.5. The minimum Gasteiger partial charge on any atom is -0.493 e. The van der Waals surface area contributed by atoms with Gasteiger partial charge in [0.05, 0.1) is 30.9 Å². The van der Waals surface area contributed by atoms with E-state index in [0.29, 0.717) is 23.1 Å². The average molecular weight is 404 g/mol. The topological polar surface area (TPSA) is 91.3 Å². The summed E-state index contributed by atoms with van der Waals surface area (Å²) in [6.07, 6.45) is 2.98. The van der Waals surface area contributed by atoms with Crippen molar-refractivity contribution in [3.63, 3.8) is 0 Å². The van der Waals surface area contributed by atoms with Crippen LogP contribution < -0.4 is 14.2 Å². The molecule has 0 aliphatic heterocycles. The normalized spacial score (nSPS) is 11.2. The van der Waals surface area contributed by atoms with Crippen molar-refractivity contribution in [3.8, 4) is 23.3 Å². The number of rotatable bonds is 6. The van der Waals surface area contributed by atoms with Crippen LogP contribution in [0.5, 0.6) is 17.4 Å². The highest BCUT2D eigenvalue weighted by Crippen LogP contribution is 2.28. The quantitative estimate of drug-likeness (QED) is 0.389. The van der Waals surface area contributed by atoms with Crippen LogP contribution in [0.4, 0.5) is 0 Å². The first-order chi connectivity index (χ1) is 14.6. The zero-order valence-corrected chi connectivity index (χ0v) is 16.7. The first-order valence-electron chi connectivity index (χ1n) is 9.21. The van der Waals surface area contributed by atoms with Gasteiger partial charge in [-0.15, -0.1) is 0 Å². The number of carbonyl (C=O) groups is 1. The van der Waals surface area contributed by atoms with Crippen LogP contribution in [0.25, 0.3) is 23.1 Å². The molecule has 2 aromatic heterocycles. The zero-order valence-electron chi connectivity index (χ0n) is 16.7. The molecule has 0 spiro atoms. The Hall–Kier alpha value is -4.07. The number of nitrogens with zero attached hydrogens (tertiary/aromatic N) is 3. The second-order valence-corrected chi connectivity index (χ2v) is 6.48. The molecule has 0 bridgehead atoms. The Bertz CT molecular complexity index is 1210. The van der Waals surface area contributed by atoms with Gasteiger partial charge in [-0.1, -0.05) is 18.2 Å². The van der Waals surface area contributed by atoms with Crippen LogP contribution in [0.1, 0.15) is 11.3 Å². The summed E-state index contributed by atoms with van der Waals surface area (Å²) in [5.74, 6) is 1.39. The van der Waals surface area contributed by atoms with E-state index in [0.717, 1.165) is 16.6 Å². The number of hydrogen-bond donors (Lipinski definition) is 1. The highest BCUT2D eigenvalue weighted by Gasteiger charge is 2.15. The minimum atomic E-state index is -0.540. The number of carbonyl (C=O) groups excluding carboxylic acids is 1. The summed E-state index contributed by atoms with van der Waals surface area (Å²) in [6.45, 7) is 1.82. The average Bonchev–Trinajstić information content (AvgIpc) is 3.34. The molecule has 30 heavy (non-hydrogen) atoms. The lowest BCUT2D eigenvalue weighted by atomic mass is 10.2. The third-order valence-corrected chi connectivity index (χ3v) is 4.40. The van der Waals surface area contributed by atoms with Crippen LogP contribution in [-0.2, 0) is 4.79 Å². The maximum atomic E-state index is 12.4. The van der Waals surface area contributed by atoms with E-state index in [1.165, 1.54) is 10.8 Å². The summed E-state index contributed by atoms with van der Waals surface area (Å²) >= 11 is 0. The van der Waals surface area contributed by atoms with Crippen LogP contribution in [0.15, 0.2) is 54.6 Å². The number of nitrogens with one attached hydrogen (secondary N) is 1. The second kappa shape index (κ2) is 8.12. The van der Waals surface area contributed by atoms with Crippen molar-refractivity contribution in [2.45, 2.75) is 6.92 Å². The van der Waals surface area contributed by atoms with Gasteiger partial charge in [0.1, 0.15) is 0 Å². The molecule has 4 aromatic rings. The summed E-state index contributed by atoms with van der Waals surface area (Å²) in [6, 6.07) is 14.7.